The maximum Gasteiger partial charge on any atom is 0.289 e. The second kappa shape index (κ2) is 11.5. The van der Waals surface area contributed by atoms with Crippen LogP contribution in [-0.4, -0.2) is 52.3 Å². The largest absolute Gasteiger partial charge is 0.484 e. The quantitative estimate of drug-likeness (QED) is 0.373. The third kappa shape index (κ3) is 6.38. The van der Waals surface area contributed by atoms with Crippen molar-refractivity contribution in [2.45, 2.75) is 32.6 Å². The summed E-state index contributed by atoms with van der Waals surface area (Å²) in [6.45, 7) is 5.26. The van der Waals surface area contributed by atoms with E-state index in [9.17, 15) is 14.4 Å². The average molecular weight is 528 g/mol. The molecule has 9 nitrogen and oxygen atoms in total. The first-order valence-electron chi connectivity index (χ1n) is 11.5. The Morgan fingerprint density at radius 1 is 1.08 bits per heavy atom. The molecule has 0 bridgehead atoms. The number of carbonyl (C=O) groups excluding carboxylic acids is 3. The maximum absolute atomic E-state index is 12.6. The molecule has 188 valence electrons. The first-order chi connectivity index (χ1) is 17.3. The van der Waals surface area contributed by atoms with Crippen molar-refractivity contribution in [3.8, 4) is 5.75 Å². The van der Waals surface area contributed by atoms with E-state index >= 15 is 0 Å². The van der Waals surface area contributed by atoms with Gasteiger partial charge in [-0.1, -0.05) is 17.7 Å². The third-order valence-corrected chi connectivity index (χ3v) is 7.30. The molecular formula is C25H26ClN5O4S. The standard InChI is InChI=1S/C25H26ClN5O4S/c1-15-3-5-19(11-16(15)2)35-13-22(32)31-9-7-17(8-10-31)25-28-20(14-36-25)24(34)30-29-23(33)18-4-6-21(26)27-12-18/h3-6,11-12,14,17H,7-10,13H2,1-2H3,(H,29,33)(H,30,34). The van der Waals surface area contributed by atoms with Gasteiger partial charge in [-0.2, -0.15) is 0 Å². The van der Waals surface area contributed by atoms with Gasteiger partial charge in [0.25, 0.3) is 17.7 Å². The smallest absolute Gasteiger partial charge is 0.289 e. The molecule has 1 aliphatic heterocycles. The lowest BCUT2D eigenvalue weighted by atomic mass is 9.97. The predicted octanol–water partition coefficient (Wildman–Crippen LogP) is 3.67. The van der Waals surface area contributed by atoms with Crippen LogP contribution in [0.15, 0.2) is 41.9 Å². The molecule has 2 aromatic heterocycles. The lowest BCUT2D eigenvalue weighted by molar-refractivity contribution is -0.134. The predicted molar refractivity (Wildman–Crippen MR) is 136 cm³/mol. The molecule has 3 amide bonds. The van der Waals surface area contributed by atoms with E-state index in [-0.39, 0.29) is 34.8 Å². The van der Waals surface area contributed by atoms with Crippen LogP contribution in [0.1, 0.15) is 55.7 Å². The number of hydrazine groups is 1. The van der Waals surface area contributed by atoms with Crippen molar-refractivity contribution in [2.75, 3.05) is 19.7 Å². The van der Waals surface area contributed by atoms with Gasteiger partial charge in [0.1, 0.15) is 16.6 Å². The molecule has 1 saturated heterocycles. The molecule has 3 heterocycles. The Labute approximate surface area is 217 Å². The molecule has 0 saturated carbocycles. The van der Waals surface area contributed by atoms with Crippen LogP contribution in [0, 0.1) is 13.8 Å². The highest BCUT2D eigenvalue weighted by Crippen LogP contribution is 2.30. The number of amides is 3. The van der Waals surface area contributed by atoms with Crippen LogP contribution < -0.4 is 15.6 Å². The summed E-state index contributed by atoms with van der Waals surface area (Å²) in [5, 5.41) is 2.77. The molecule has 0 spiro atoms. The Balaban J connectivity index is 1.23. The summed E-state index contributed by atoms with van der Waals surface area (Å²) in [6, 6.07) is 8.78. The lowest BCUT2D eigenvalue weighted by Gasteiger charge is -2.31. The van der Waals surface area contributed by atoms with Gasteiger partial charge in [-0.15, -0.1) is 11.3 Å². The summed E-state index contributed by atoms with van der Waals surface area (Å²) in [6.07, 6.45) is 2.83. The minimum absolute atomic E-state index is 0.00649. The van der Waals surface area contributed by atoms with Crippen LogP contribution in [0.5, 0.6) is 5.75 Å². The summed E-state index contributed by atoms with van der Waals surface area (Å²) in [4.78, 5) is 47.2. The van der Waals surface area contributed by atoms with E-state index in [1.54, 1.807) is 10.3 Å². The molecule has 1 aromatic carbocycles. The summed E-state index contributed by atoms with van der Waals surface area (Å²) >= 11 is 7.11. The van der Waals surface area contributed by atoms with Crippen LogP contribution >= 0.6 is 22.9 Å². The molecule has 0 radical (unpaired) electrons. The van der Waals surface area contributed by atoms with Crippen molar-refractivity contribution < 1.29 is 19.1 Å². The van der Waals surface area contributed by atoms with Gasteiger partial charge in [0, 0.05) is 30.6 Å². The van der Waals surface area contributed by atoms with Gasteiger partial charge in [0.05, 0.1) is 10.6 Å². The monoisotopic (exact) mass is 527 g/mol. The zero-order valence-electron chi connectivity index (χ0n) is 19.9. The number of piperidine rings is 1. The van der Waals surface area contributed by atoms with E-state index < -0.39 is 11.8 Å². The van der Waals surface area contributed by atoms with Crippen molar-refractivity contribution in [3.63, 3.8) is 0 Å². The first kappa shape index (κ1) is 25.6. The average Bonchev–Trinajstić information content (AvgIpc) is 3.38. The molecule has 0 aliphatic carbocycles. The van der Waals surface area contributed by atoms with E-state index in [1.807, 2.05) is 32.0 Å². The van der Waals surface area contributed by atoms with E-state index in [1.165, 1.54) is 35.2 Å². The number of ether oxygens (including phenoxy) is 1. The number of rotatable bonds is 6. The van der Waals surface area contributed by atoms with Crippen LogP contribution in [0.2, 0.25) is 5.15 Å². The molecule has 2 N–H and O–H groups in total. The number of nitrogens with zero attached hydrogens (tertiary/aromatic N) is 3. The third-order valence-electron chi connectivity index (χ3n) is 6.07. The van der Waals surface area contributed by atoms with Gasteiger partial charge in [-0.25, -0.2) is 9.97 Å². The number of aromatic nitrogens is 2. The zero-order chi connectivity index (χ0) is 25.7. The molecule has 3 aromatic rings. The van der Waals surface area contributed by atoms with Crippen molar-refractivity contribution >= 4 is 40.7 Å². The highest BCUT2D eigenvalue weighted by Gasteiger charge is 2.26. The Bertz CT molecular complexity index is 1260. The summed E-state index contributed by atoms with van der Waals surface area (Å²) < 4.78 is 5.69. The van der Waals surface area contributed by atoms with Gasteiger partial charge in [-0.05, 0) is 62.1 Å². The summed E-state index contributed by atoms with van der Waals surface area (Å²) in [7, 11) is 0. The number of likely N-dealkylation sites (tertiary alicyclic amines) is 1. The van der Waals surface area contributed by atoms with E-state index in [0.717, 1.165) is 23.4 Å². The number of halogens is 1. The lowest BCUT2D eigenvalue weighted by Crippen LogP contribution is -2.42. The highest BCUT2D eigenvalue weighted by molar-refractivity contribution is 7.09. The fourth-order valence-electron chi connectivity index (χ4n) is 3.76. The fraction of sp³-hybridized carbons (Fsp3) is 0.320. The van der Waals surface area contributed by atoms with Gasteiger partial charge in [-0.3, -0.25) is 25.2 Å². The van der Waals surface area contributed by atoms with Crippen LogP contribution in [0.3, 0.4) is 0 Å². The minimum atomic E-state index is -0.512. The van der Waals surface area contributed by atoms with Gasteiger partial charge in [0.2, 0.25) is 0 Å². The van der Waals surface area contributed by atoms with Gasteiger partial charge in [0.15, 0.2) is 6.61 Å². The Morgan fingerprint density at radius 3 is 2.53 bits per heavy atom. The van der Waals surface area contributed by atoms with Crippen LogP contribution in [-0.2, 0) is 4.79 Å². The van der Waals surface area contributed by atoms with Gasteiger partial charge >= 0.3 is 0 Å². The first-order valence-corrected chi connectivity index (χ1v) is 12.7. The second-order valence-corrected chi connectivity index (χ2v) is 9.82. The van der Waals surface area contributed by atoms with Crippen LogP contribution in [0.4, 0.5) is 0 Å². The Kier molecular flexibility index (Phi) is 8.17. The highest BCUT2D eigenvalue weighted by atomic mass is 35.5. The number of hydrogen-bond acceptors (Lipinski definition) is 7. The SMILES string of the molecule is Cc1ccc(OCC(=O)N2CCC(c3nc(C(=O)NNC(=O)c4ccc(Cl)nc4)cs3)CC2)cc1C. The number of nitrogens with one attached hydrogen (secondary N) is 2. The number of thiazole rings is 1. The zero-order valence-corrected chi connectivity index (χ0v) is 21.5. The molecule has 0 atom stereocenters. The number of pyridine rings is 1. The Morgan fingerprint density at radius 2 is 1.83 bits per heavy atom. The summed E-state index contributed by atoms with van der Waals surface area (Å²) in [5.74, 6) is -0.213. The van der Waals surface area contributed by atoms with E-state index in [0.29, 0.717) is 18.8 Å². The molecule has 0 unspecified atom stereocenters. The van der Waals surface area contributed by atoms with Crippen molar-refractivity contribution in [3.05, 3.63) is 74.5 Å². The second-order valence-electron chi connectivity index (χ2n) is 8.54. The maximum atomic E-state index is 12.6. The normalized spacial score (nSPS) is 13.8. The van der Waals surface area contributed by atoms with Crippen molar-refractivity contribution in [1.29, 1.82) is 0 Å². The Hall–Kier alpha value is -3.50. The van der Waals surface area contributed by atoms with E-state index in [4.69, 9.17) is 16.3 Å². The van der Waals surface area contributed by atoms with Crippen molar-refractivity contribution in [2.24, 2.45) is 0 Å². The molecule has 1 aliphatic rings. The number of aryl methyl sites for hydroxylation is 2. The van der Waals surface area contributed by atoms with Gasteiger partial charge < -0.3 is 9.64 Å². The summed E-state index contributed by atoms with van der Waals surface area (Å²) in [5.41, 5.74) is 7.50. The van der Waals surface area contributed by atoms with Crippen LogP contribution in [0.25, 0.3) is 0 Å². The minimum Gasteiger partial charge on any atom is -0.484 e. The van der Waals surface area contributed by atoms with Crippen molar-refractivity contribution in [1.82, 2.24) is 25.7 Å². The van der Waals surface area contributed by atoms with E-state index in [2.05, 4.69) is 20.8 Å². The molecule has 11 heteroatoms. The number of carbonyl (C=O) groups is 3. The molecule has 1 fully saturated rings. The topological polar surface area (TPSA) is 114 Å². The number of hydrogen-bond donors (Lipinski definition) is 2. The number of benzene rings is 1. The molecule has 36 heavy (non-hydrogen) atoms. The fourth-order valence-corrected chi connectivity index (χ4v) is 4.84. The molecular weight excluding hydrogens is 502 g/mol. The molecule has 4 rings (SSSR count).